The van der Waals surface area contributed by atoms with Crippen molar-refractivity contribution in [3.8, 4) is 0 Å². The largest absolute Gasteiger partial charge is 0.353 e. The molecule has 0 bridgehead atoms. The third-order valence-electron chi connectivity index (χ3n) is 1.93. The Hall–Kier alpha value is -0.450. The Morgan fingerprint density at radius 1 is 1.50 bits per heavy atom. The van der Waals surface area contributed by atoms with Crippen LogP contribution < -0.4 is 0 Å². The molecular weight excluding hydrogens is 198 g/mol. The van der Waals surface area contributed by atoms with Gasteiger partial charge in [-0.1, -0.05) is 0 Å². The summed E-state index contributed by atoms with van der Waals surface area (Å²) in [4.78, 5) is 5.48. The van der Waals surface area contributed by atoms with Crippen LogP contribution >= 0.6 is 11.3 Å². The molecule has 0 N–H and O–H groups in total. The lowest BCUT2D eigenvalue weighted by Gasteiger charge is -2.11. The molecule has 1 rings (SSSR count). The van der Waals surface area contributed by atoms with Crippen molar-refractivity contribution >= 4 is 11.3 Å². The summed E-state index contributed by atoms with van der Waals surface area (Å²) in [6.07, 6.45) is 0.821. The Labute approximate surface area is 89.1 Å². The molecule has 0 fully saturated rings. The molecule has 0 amide bonds. The van der Waals surface area contributed by atoms with Gasteiger partial charge in [-0.05, 0) is 20.8 Å². The summed E-state index contributed by atoms with van der Waals surface area (Å²) < 4.78 is 10.7. The molecule has 80 valence electrons. The van der Waals surface area contributed by atoms with E-state index in [-0.39, 0.29) is 6.29 Å². The number of hydrogen-bond acceptors (Lipinski definition) is 4. The van der Waals surface area contributed by atoms with Crippen molar-refractivity contribution in [2.24, 2.45) is 0 Å². The predicted octanol–water partition coefficient (Wildman–Crippen LogP) is 2.39. The van der Waals surface area contributed by atoms with Gasteiger partial charge in [-0.15, -0.1) is 11.3 Å². The van der Waals surface area contributed by atoms with Gasteiger partial charge in [-0.3, -0.25) is 0 Å². The first-order chi connectivity index (χ1) is 6.74. The molecule has 0 aliphatic rings. The van der Waals surface area contributed by atoms with E-state index < -0.39 is 0 Å². The molecular formula is C10H17NO2S. The molecule has 0 aliphatic heterocycles. The van der Waals surface area contributed by atoms with Crippen molar-refractivity contribution in [2.45, 2.75) is 33.5 Å². The average molecular weight is 215 g/mol. The van der Waals surface area contributed by atoms with Crippen molar-refractivity contribution in [2.75, 3.05) is 13.2 Å². The quantitative estimate of drug-likeness (QED) is 0.683. The second-order valence-corrected chi connectivity index (χ2v) is 3.94. The Bertz CT molecular complexity index is 262. The van der Waals surface area contributed by atoms with Gasteiger partial charge in [0, 0.05) is 17.9 Å². The summed E-state index contributed by atoms with van der Waals surface area (Å²) in [6.45, 7) is 7.30. The molecule has 0 saturated carbocycles. The van der Waals surface area contributed by atoms with E-state index in [2.05, 4.69) is 4.98 Å². The standard InChI is InChI=1S/C10H17NO2S/c1-4-12-9(3)13-6-5-10-8(2)11-7-14-10/h7,9H,4-6H2,1-3H3. The zero-order valence-electron chi connectivity index (χ0n) is 8.95. The van der Waals surface area contributed by atoms with Crippen LogP contribution in [0, 0.1) is 6.92 Å². The van der Waals surface area contributed by atoms with Crippen molar-refractivity contribution in [3.63, 3.8) is 0 Å². The van der Waals surface area contributed by atoms with Gasteiger partial charge in [-0.25, -0.2) is 4.98 Å². The highest BCUT2D eigenvalue weighted by atomic mass is 32.1. The maximum atomic E-state index is 5.47. The summed E-state index contributed by atoms with van der Waals surface area (Å²) >= 11 is 1.68. The van der Waals surface area contributed by atoms with E-state index in [1.165, 1.54) is 4.88 Å². The highest BCUT2D eigenvalue weighted by Gasteiger charge is 2.03. The monoisotopic (exact) mass is 215 g/mol. The fourth-order valence-corrected chi connectivity index (χ4v) is 1.93. The lowest BCUT2D eigenvalue weighted by molar-refractivity contribution is -0.126. The lowest BCUT2D eigenvalue weighted by Crippen LogP contribution is -2.14. The minimum atomic E-state index is -0.103. The second kappa shape index (κ2) is 6.11. The number of rotatable bonds is 6. The fraction of sp³-hybridized carbons (Fsp3) is 0.700. The van der Waals surface area contributed by atoms with Gasteiger partial charge in [0.25, 0.3) is 0 Å². The van der Waals surface area contributed by atoms with E-state index >= 15 is 0 Å². The summed E-state index contributed by atoms with van der Waals surface area (Å²) in [5.41, 5.74) is 2.99. The summed E-state index contributed by atoms with van der Waals surface area (Å²) in [7, 11) is 0. The van der Waals surface area contributed by atoms with E-state index in [1.807, 2.05) is 26.3 Å². The van der Waals surface area contributed by atoms with Gasteiger partial charge in [0.1, 0.15) is 0 Å². The number of ether oxygens (including phenoxy) is 2. The van der Waals surface area contributed by atoms with Gasteiger partial charge in [0.15, 0.2) is 6.29 Å². The summed E-state index contributed by atoms with van der Waals surface area (Å²) in [5.74, 6) is 0. The zero-order chi connectivity index (χ0) is 10.4. The van der Waals surface area contributed by atoms with Crippen LogP contribution in [0.15, 0.2) is 5.51 Å². The number of thiazole rings is 1. The van der Waals surface area contributed by atoms with Crippen molar-refractivity contribution in [1.29, 1.82) is 0 Å². The third kappa shape index (κ3) is 3.74. The molecule has 1 aromatic heterocycles. The van der Waals surface area contributed by atoms with E-state index in [4.69, 9.17) is 9.47 Å². The molecule has 4 heteroatoms. The zero-order valence-corrected chi connectivity index (χ0v) is 9.76. The van der Waals surface area contributed by atoms with E-state index in [0.717, 1.165) is 12.1 Å². The van der Waals surface area contributed by atoms with Crippen LogP contribution in [0.5, 0.6) is 0 Å². The molecule has 1 aromatic rings. The summed E-state index contributed by atoms with van der Waals surface area (Å²) in [6, 6.07) is 0. The van der Waals surface area contributed by atoms with E-state index in [9.17, 15) is 0 Å². The topological polar surface area (TPSA) is 31.4 Å². The first-order valence-corrected chi connectivity index (χ1v) is 5.74. The molecule has 0 radical (unpaired) electrons. The number of hydrogen-bond donors (Lipinski definition) is 0. The van der Waals surface area contributed by atoms with Gasteiger partial charge in [0.05, 0.1) is 17.8 Å². The fourth-order valence-electron chi connectivity index (χ4n) is 1.17. The first kappa shape index (κ1) is 11.6. The maximum absolute atomic E-state index is 5.47. The smallest absolute Gasteiger partial charge is 0.154 e. The van der Waals surface area contributed by atoms with E-state index in [1.54, 1.807) is 11.3 Å². The van der Waals surface area contributed by atoms with Crippen LogP contribution in [0.25, 0.3) is 0 Å². The minimum Gasteiger partial charge on any atom is -0.353 e. The second-order valence-electron chi connectivity index (χ2n) is 3.00. The number of aromatic nitrogens is 1. The highest BCUT2D eigenvalue weighted by Crippen LogP contribution is 2.12. The van der Waals surface area contributed by atoms with Crippen LogP contribution in [0.2, 0.25) is 0 Å². The molecule has 1 heterocycles. The minimum absolute atomic E-state index is 0.103. The van der Waals surface area contributed by atoms with Gasteiger partial charge in [0.2, 0.25) is 0 Å². The Balaban J connectivity index is 2.19. The lowest BCUT2D eigenvalue weighted by atomic mass is 10.3. The van der Waals surface area contributed by atoms with Gasteiger partial charge >= 0.3 is 0 Å². The number of nitrogens with zero attached hydrogens (tertiary/aromatic N) is 1. The molecule has 1 atom stereocenters. The molecule has 0 aliphatic carbocycles. The SMILES string of the molecule is CCOC(C)OCCc1scnc1C. The first-order valence-electron chi connectivity index (χ1n) is 4.86. The van der Waals surface area contributed by atoms with Gasteiger partial charge in [-0.2, -0.15) is 0 Å². The normalized spacial score (nSPS) is 13.1. The highest BCUT2D eigenvalue weighted by molar-refractivity contribution is 7.09. The average Bonchev–Trinajstić information content (AvgIpc) is 2.52. The van der Waals surface area contributed by atoms with Crippen molar-refractivity contribution < 1.29 is 9.47 Å². The Morgan fingerprint density at radius 3 is 2.86 bits per heavy atom. The third-order valence-corrected chi connectivity index (χ3v) is 2.92. The van der Waals surface area contributed by atoms with Crippen LogP contribution in [0.4, 0.5) is 0 Å². The molecule has 0 spiro atoms. The molecule has 0 saturated heterocycles. The van der Waals surface area contributed by atoms with Gasteiger partial charge < -0.3 is 9.47 Å². The Kier molecular flexibility index (Phi) is 5.07. The number of aryl methyl sites for hydroxylation is 1. The summed E-state index contributed by atoms with van der Waals surface area (Å²) in [5, 5.41) is 0. The van der Waals surface area contributed by atoms with Crippen LogP contribution in [-0.4, -0.2) is 24.5 Å². The maximum Gasteiger partial charge on any atom is 0.154 e. The van der Waals surface area contributed by atoms with Crippen LogP contribution in [0.1, 0.15) is 24.4 Å². The van der Waals surface area contributed by atoms with E-state index in [0.29, 0.717) is 13.2 Å². The molecule has 14 heavy (non-hydrogen) atoms. The molecule has 0 aromatic carbocycles. The van der Waals surface area contributed by atoms with Crippen LogP contribution in [-0.2, 0) is 15.9 Å². The van der Waals surface area contributed by atoms with Crippen molar-refractivity contribution in [3.05, 3.63) is 16.1 Å². The Morgan fingerprint density at radius 2 is 2.29 bits per heavy atom. The van der Waals surface area contributed by atoms with Crippen molar-refractivity contribution in [1.82, 2.24) is 4.98 Å². The predicted molar refractivity (Wildman–Crippen MR) is 57.6 cm³/mol. The van der Waals surface area contributed by atoms with Crippen LogP contribution in [0.3, 0.4) is 0 Å². The molecule has 1 unspecified atom stereocenters. The molecule has 3 nitrogen and oxygen atoms in total.